The van der Waals surface area contributed by atoms with Gasteiger partial charge in [0.05, 0.1) is 12.2 Å². The topological polar surface area (TPSA) is 123 Å². The van der Waals surface area contributed by atoms with Crippen molar-refractivity contribution in [2.24, 2.45) is 16.3 Å². The number of ether oxygens (including phenoxy) is 1. The molecule has 0 spiro atoms. The first kappa shape index (κ1) is 25.3. The monoisotopic (exact) mass is 515 g/mol. The molecule has 2 unspecified atom stereocenters. The summed E-state index contributed by atoms with van der Waals surface area (Å²) in [5.41, 5.74) is 1.60. The van der Waals surface area contributed by atoms with Gasteiger partial charge in [0, 0.05) is 23.7 Å². The molecule has 2 aliphatic rings. The fourth-order valence-electron chi connectivity index (χ4n) is 4.21. The Hall–Kier alpha value is -2.79. The van der Waals surface area contributed by atoms with Crippen molar-refractivity contribution in [2.45, 2.75) is 58.6 Å². The van der Waals surface area contributed by atoms with Crippen LogP contribution in [-0.4, -0.2) is 44.8 Å². The lowest BCUT2D eigenvalue weighted by Crippen LogP contribution is -2.28. The number of anilines is 1. The number of esters is 1. The number of hydrogen-bond donors (Lipinski definition) is 2. The van der Waals surface area contributed by atoms with Gasteiger partial charge in [-0.05, 0) is 49.1 Å². The Kier molecular flexibility index (Phi) is 7.56. The van der Waals surface area contributed by atoms with Crippen molar-refractivity contribution in [1.29, 1.82) is 0 Å². The van der Waals surface area contributed by atoms with E-state index in [2.05, 4.69) is 46.4 Å². The summed E-state index contributed by atoms with van der Waals surface area (Å²) >= 11 is 2.61. The van der Waals surface area contributed by atoms with Gasteiger partial charge >= 0.3 is 5.97 Å². The third kappa shape index (κ3) is 5.90. The van der Waals surface area contributed by atoms with E-state index < -0.39 is 11.2 Å². The molecule has 1 fully saturated rings. The van der Waals surface area contributed by atoms with Crippen LogP contribution < -0.4 is 10.6 Å². The van der Waals surface area contributed by atoms with Crippen LogP contribution in [0.5, 0.6) is 0 Å². The maximum atomic E-state index is 12.9. The lowest BCUT2D eigenvalue weighted by molar-refractivity contribution is -0.122. The van der Waals surface area contributed by atoms with Crippen molar-refractivity contribution < 1.29 is 19.1 Å². The fourth-order valence-corrected chi connectivity index (χ4v) is 6.51. The van der Waals surface area contributed by atoms with Crippen molar-refractivity contribution in [3.63, 3.8) is 0 Å². The smallest absolute Gasteiger partial charge is 0.341 e. The highest BCUT2D eigenvalue weighted by Gasteiger charge is 2.36. The number of thioether (sulfide) groups is 1. The number of amidine groups is 1. The van der Waals surface area contributed by atoms with E-state index in [9.17, 15) is 14.4 Å². The molecule has 0 radical (unpaired) electrons. The first-order chi connectivity index (χ1) is 16.7. The van der Waals surface area contributed by atoms with E-state index >= 15 is 0 Å². The van der Waals surface area contributed by atoms with Gasteiger partial charge in [-0.15, -0.1) is 11.3 Å². The van der Waals surface area contributed by atoms with Crippen LogP contribution in [-0.2, 0) is 27.2 Å². The average Bonchev–Trinajstić information content (AvgIpc) is 3.32. The van der Waals surface area contributed by atoms with Crippen LogP contribution >= 0.6 is 23.1 Å². The second-order valence-electron chi connectivity index (χ2n) is 9.55. The highest BCUT2D eigenvalue weighted by Crippen LogP contribution is 2.44. The normalized spacial score (nSPS) is 20.9. The van der Waals surface area contributed by atoms with Crippen LogP contribution in [0.3, 0.4) is 0 Å². The lowest BCUT2D eigenvalue weighted by Gasteiger charge is -2.33. The van der Waals surface area contributed by atoms with Crippen LogP contribution in [0.4, 0.5) is 10.9 Å². The molecule has 1 aliphatic heterocycles. The number of amides is 2. The summed E-state index contributed by atoms with van der Waals surface area (Å²) in [5.74, 6) is -0.329. The van der Waals surface area contributed by atoms with Crippen molar-refractivity contribution >= 4 is 57.0 Å². The molecule has 2 amide bonds. The van der Waals surface area contributed by atoms with Crippen LogP contribution in [0.15, 0.2) is 23.5 Å². The molecule has 2 aromatic rings. The van der Waals surface area contributed by atoms with Gasteiger partial charge in [0.1, 0.15) is 10.3 Å². The summed E-state index contributed by atoms with van der Waals surface area (Å²) in [6, 6.07) is 1.67. The summed E-state index contributed by atoms with van der Waals surface area (Å²) in [7, 11) is 0. The Bertz CT molecular complexity index is 1160. The van der Waals surface area contributed by atoms with Crippen molar-refractivity contribution in [1.82, 2.24) is 15.3 Å². The van der Waals surface area contributed by atoms with Crippen LogP contribution in [0, 0.1) is 11.3 Å². The molecule has 186 valence electrons. The number of rotatable bonds is 6. The summed E-state index contributed by atoms with van der Waals surface area (Å²) in [6.07, 6.45) is 5.70. The highest BCUT2D eigenvalue weighted by atomic mass is 32.2. The molecule has 9 nitrogen and oxygen atoms in total. The van der Waals surface area contributed by atoms with Crippen molar-refractivity contribution in [3.8, 4) is 0 Å². The van der Waals surface area contributed by atoms with Crippen molar-refractivity contribution in [2.75, 3.05) is 11.9 Å². The number of carbonyl (C=O) groups is 3. The van der Waals surface area contributed by atoms with E-state index in [-0.39, 0.29) is 36.2 Å². The minimum atomic E-state index is -0.636. The number of nitrogens with zero attached hydrogens (tertiary/aromatic N) is 3. The van der Waals surface area contributed by atoms with Crippen molar-refractivity contribution in [3.05, 3.63) is 34.5 Å². The molecule has 2 N–H and O–H groups in total. The van der Waals surface area contributed by atoms with Crippen LogP contribution in [0.25, 0.3) is 0 Å². The quantitative estimate of drug-likeness (QED) is 0.555. The average molecular weight is 516 g/mol. The maximum absolute atomic E-state index is 12.9. The standard InChI is InChI=1S/C24H29N5O4S2/c1-5-33-21(32)18-14-8-7-13(24(2,3)4)11-15(14)34-20(18)27-17(30)12-16-19(31)28-23(35-16)29-22-25-9-6-10-26-22/h6,9-10,13,16H,5,7-8,11-12H2,1-4H3,(H,27,30)(H,25,26,28,29,31). The minimum Gasteiger partial charge on any atom is -0.462 e. The minimum absolute atomic E-state index is 0.0549. The van der Waals surface area contributed by atoms with E-state index in [0.29, 0.717) is 21.7 Å². The first-order valence-corrected chi connectivity index (χ1v) is 13.3. The van der Waals surface area contributed by atoms with Gasteiger partial charge in [-0.1, -0.05) is 32.5 Å². The second kappa shape index (κ2) is 10.4. The number of fused-ring (bicyclic) bond motifs is 1. The molecule has 4 rings (SSSR count). The van der Waals surface area contributed by atoms with Gasteiger partial charge in [-0.25, -0.2) is 14.8 Å². The molecule has 0 bridgehead atoms. The van der Waals surface area contributed by atoms with E-state index in [1.807, 2.05) is 0 Å². The SMILES string of the molecule is CCOC(=O)c1c(NC(=O)CC2S/C(=N\c3ncccn3)NC2=O)sc2c1CCC(C(C)(C)C)C2. The summed E-state index contributed by atoms with van der Waals surface area (Å²) in [5, 5.41) is 5.78. The molecule has 0 saturated carbocycles. The summed E-state index contributed by atoms with van der Waals surface area (Å²) in [6.45, 7) is 8.72. The van der Waals surface area contributed by atoms with Gasteiger partial charge in [-0.3, -0.25) is 9.59 Å². The summed E-state index contributed by atoms with van der Waals surface area (Å²) < 4.78 is 5.31. The zero-order chi connectivity index (χ0) is 25.2. The number of nitrogens with one attached hydrogen (secondary N) is 2. The molecule has 2 atom stereocenters. The Morgan fingerprint density at radius 3 is 2.71 bits per heavy atom. The Labute approximate surface area is 212 Å². The van der Waals surface area contributed by atoms with Crippen LogP contribution in [0.1, 0.15) is 61.3 Å². The van der Waals surface area contributed by atoms with Gasteiger partial charge < -0.3 is 15.4 Å². The Morgan fingerprint density at radius 2 is 2.03 bits per heavy atom. The molecular formula is C24H29N5O4S2. The fraction of sp³-hybridized carbons (Fsp3) is 0.500. The highest BCUT2D eigenvalue weighted by molar-refractivity contribution is 8.15. The van der Waals surface area contributed by atoms with Crippen LogP contribution in [0.2, 0.25) is 0 Å². The zero-order valence-corrected chi connectivity index (χ0v) is 21.8. The molecule has 3 heterocycles. The maximum Gasteiger partial charge on any atom is 0.341 e. The number of thiophene rings is 1. The Balaban J connectivity index is 1.49. The molecule has 11 heteroatoms. The van der Waals surface area contributed by atoms with Gasteiger partial charge in [0.2, 0.25) is 11.8 Å². The molecule has 0 aromatic carbocycles. The Morgan fingerprint density at radius 1 is 1.29 bits per heavy atom. The predicted octanol–water partition coefficient (Wildman–Crippen LogP) is 4.11. The number of hydrogen-bond acceptors (Lipinski definition) is 9. The first-order valence-electron chi connectivity index (χ1n) is 11.6. The van der Waals surface area contributed by atoms with Gasteiger partial charge in [0.15, 0.2) is 5.17 Å². The van der Waals surface area contributed by atoms with Gasteiger partial charge in [-0.2, -0.15) is 4.99 Å². The van der Waals surface area contributed by atoms with E-state index in [4.69, 9.17) is 4.74 Å². The van der Waals surface area contributed by atoms with E-state index in [0.717, 1.165) is 41.5 Å². The van der Waals surface area contributed by atoms with Gasteiger partial charge in [0.25, 0.3) is 5.95 Å². The zero-order valence-electron chi connectivity index (χ0n) is 20.2. The molecular weight excluding hydrogens is 486 g/mol. The molecule has 35 heavy (non-hydrogen) atoms. The lowest BCUT2D eigenvalue weighted by atomic mass is 9.72. The number of aliphatic imine (C=N–C) groups is 1. The predicted molar refractivity (Wildman–Crippen MR) is 137 cm³/mol. The molecule has 1 saturated heterocycles. The third-order valence-corrected chi connectivity index (χ3v) is 8.38. The number of carbonyl (C=O) groups excluding carboxylic acids is 3. The molecule has 2 aromatic heterocycles. The second-order valence-corrected chi connectivity index (χ2v) is 11.8. The summed E-state index contributed by atoms with van der Waals surface area (Å²) in [4.78, 5) is 51.5. The van der Waals surface area contributed by atoms with E-state index in [1.54, 1.807) is 25.4 Å². The third-order valence-electron chi connectivity index (χ3n) is 6.12. The molecule has 1 aliphatic carbocycles. The van der Waals surface area contributed by atoms with E-state index in [1.165, 1.54) is 11.3 Å². The number of aromatic nitrogens is 2. The largest absolute Gasteiger partial charge is 0.462 e.